The van der Waals surface area contributed by atoms with Crippen molar-refractivity contribution < 1.29 is 9.53 Å². The van der Waals surface area contributed by atoms with Gasteiger partial charge >= 0.3 is 0 Å². The standard InChI is InChI=1S/C22H33N5O2S/c1-16-15-27-21(23-16)30-22(24-27)25-11-6-17(7-12-25)19-5-3-2-4-10-26(19)20(28)18-8-13-29-14-9-18/h15,17-19H,2-14H2,1H3/t19-/m0/s1. The van der Waals surface area contributed by atoms with Gasteiger partial charge in [-0.2, -0.15) is 0 Å². The van der Waals surface area contributed by atoms with Gasteiger partial charge in [0, 0.05) is 44.8 Å². The van der Waals surface area contributed by atoms with Crippen molar-refractivity contribution in [3.63, 3.8) is 0 Å². The van der Waals surface area contributed by atoms with Crippen LogP contribution in [0.25, 0.3) is 4.96 Å². The highest BCUT2D eigenvalue weighted by molar-refractivity contribution is 7.20. The van der Waals surface area contributed by atoms with E-state index in [0.29, 0.717) is 17.9 Å². The van der Waals surface area contributed by atoms with Crippen LogP contribution in [0.4, 0.5) is 5.13 Å². The average Bonchev–Trinajstić information content (AvgIpc) is 3.21. The number of nitrogens with zero attached hydrogens (tertiary/aromatic N) is 5. The molecule has 7 nitrogen and oxygen atoms in total. The number of anilines is 1. The van der Waals surface area contributed by atoms with Crippen molar-refractivity contribution >= 4 is 27.3 Å². The number of amides is 1. The molecule has 0 unspecified atom stereocenters. The van der Waals surface area contributed by atoms with Crippen LogP contribution in [0.3, 0.4) is 0 Å². The third-order valence-electron chi connectivity index (χ3n) is 7.16. The second-order valence-electron chi connectivity index (χ2n) is 9.15. The predicted molar refractivity (Wildman–Crippen MR) is 118 cm³/mol. The molecule has 1 atom stereocenters. The molecule has 3 aliphatic rings. The number of aryl methyl sites for hydroxylation is 1. The normalized spacial score (nSPS) is 25.0. The Morgan fingerprint density at radius 2 is 1.87 bits per heavy atom. The minimum Gasteiger partial charge on any atom is -0.381 e. The zero-order valence-electron chi connectivity index (χ0n) is 18.0. The highest BCUT2D eigenvalue weighted by Crippen LogP contribution is 2.34. The van der Waals surface area contributed by atoms with E-state index in [2.05, 4.69) is 14.8 Å². The van der Waals surface area contributed by atoms with E-state index < -0.39 is 0 Å². The summed E-state index contributed by atoms with van der Waals surface area (Å²) >= 11 is 1.68. The van der Waals surface area contributed by atoms with Crippen molar-refractivity contribution in [2.24, 2.45) is 11.8 Å². The van der Waals surface area contributed by atoms with Crippen LogP contribution in [0.15, 0.2) is 6.20 Å². The highest BCUT2D eigenvalue weighted by Gasteiger charge is 2.37. The molecule has 0 N–H and O–H groups in total. The van der Waals surface area contributed by atoms with E-state index >= 15 is 0 Å². The molecule has 30 heavy (non-hydrogen) atoms. The second-order valence-corrected chi connectivity index (χ2v) is 10.1. The maximum Gasteiger partial charge on any atom is 0.226 e. The third kappa shape index (κ3) is 4.08. The maximum absolute atomic E-state index is 13.4. The molecule has 5 rings (SSSR count). The molecule has 3 fully saturated rings. The van der Waals surface area contributed by atoms with Crippen LogP contribution in [0, 0.1) is 18.8 Å². The number of piperidine rings is 1. The fourth-order valence-electron chi connectivity index (χ4n) is 5.48. The minimum atomic E-state index is 0.175. The van der Waals surface area contributed by atoms with E-state index in [1.165, 1.54) is 19.3 Å². The molecule has 5 heterocycles. The fourth-order valence-corrected chi connectivity index (χ4v) is 6.46. The molecular formula is C22H33N5O2S. The molecule has 1 amide bonds. The zero-order valence-corrected chi connectivity index (χ0v) is 18.8. The van der Waals surface area contributed by atoms with Crippen LogP contribution in [-0.2, 0) is 9.53 Å². The van der Waals surface area contributed by atoms with Crippen LogP contribution in [-0.4, -0.2) is 64.3 Å². The molecule has 0 aliphatic carbocycles. The molecule has 8 heteroatoms. The summed E-state index contributed by atoms with van der Waals surface area (Å²) in [7, 11) is 0. The van der Waals surface area contributed by atoms with Crippen molar-refractivity contribution in [3.05, 3.63) is 11.9 Å². The lowest BCUT2D eigenvalue weighted by molar-refractivity contribution is -0.142. The van der Waals surface area contributed by atoms with Crippen LogP contribution in [0.2, 0.25) is 0 Å². The molecular weight excluding hydrogens is 398 g/mol. The van der Waals surface area contributed by atoms with E-state index in [9.17, 15) is 4.79 Å². The highest BCUT2D eigenvalue weighted by atomic mass is 32.1. The molecule has 3 aliphatic heterocycles. The van der Waals surface area contributed by atoms with Gasteiger partial charge in [0.2, 0.25) is 16.0 Å². The quantitative estimate of drug-likeness (QED) is 0.744. The molecule has 0 radical (unpaired) electrons. The van der Waals surface area contributed by atoms with E-state index in [1.54, 1.807) is 11.3 Å². The first-order valence-electron chi connectivity index (χ1n) is 11.6. The van der Waals surface area contributed by atoms with E-state index in [-0.39, 0.29) is 5.92 Å². The Bertz CT molecular complexity index is 835. The lowest BCUT2D eigenvalue weighted by Gasteiger charge is -2.42. The summed E-state index contributed by atoms with van der Waals surface area (Å²) in [5, 5.41) is 5.81. The summed E-state index contributed by atoms with van der Waals surface area (Å²) in [4.78, 5) is 23.6. The van der Waals surface area contributed by atoms with Gasteiger partial charge in [-0.3, -0.25) is 4.79 Å². The Morgan fingerprint density at radius 3 is 2.63 bits per heavy atom. The van der Waals surface area contributed by atoms with Crippen LogP contribution in [0.1, 0.15) is 57.1 Å². The number of hydrogen-bond acceptors (Lipinski definition) is 6. The largest absolute Gasteiger partial charge is 0.381 e. The van der Waals surface area contributed by atoms with E-state index in [0.717, 1.165) is 80.7 Å². The monoisotopic (exact) mass is 431 g/mol. The molecule has 0 spiro atoms. The molecule has 164 valence electrons. The van der Waals surface area contributed by atoms with Crippen molar-refractivity contribution in [2.75, 3.05) is 37.7 Å². The van der Waals surface area contributed by atoms with Gasteiger partial charge in [0.05, 0.1) is 11.9 Å². The second kappa shape index (κ2) is 8.83. The Hall–Kier alpha value is -1.67. The number of hydrogen-bond donors (Lipinski definition) is 0. The Kier molecular flexibility index (Phi) is 5.96. The predicted octanol–water partition coefficient (Wildman–Crippen LogP) is 3.51. The van der Waals surface area contributed by atoms with Crippen molar-refractivity contribution in [1.82, 2.24) is 19.5 Å². The topological polar surface area (TPSA) is 63.0 Å². The third-order valence-corrected chi connectivity index (χ3v) is 8.14. The molecule has 2 aromatic heterocycles. The molecule has 0 aromatic carbocycles. The first-order chi connectivity index (χ1) is 14.7. The number of ether oxygens (including phenoxy) is 1. The van der Waals surface area contributed by atoms with Gasteiger partial charge in [-0.15, -0.1) is 5.10 Å². The Balaban J connectivity index is 1.25. The summed E-state index contributed by atoms with van der Waals surface area (Å²) in [6, 6.07) is 0.418. The van der Waals surface area contributed by atoms with Gasteiger partial charge in [0.1, 0.15) is 0 Å². The van der Waals surface area contributed by atoms with Crippen molar-refractivity contribution in [1.29, 1.82) is 0 Å². The van der Waals surface area contributed by atoms with Gasteiger partial charge in [-0.25, -0.2) is 9.50 Å². The molecule has 0 saturated carbocycles. The summed E-state index contributed by atoms with van der Waals surface area (Å²) in [5.41, 5.74) is 1.02. The average molecular weight is 432 g/mol. The number of aromatic nitrogens is 3. The van der Waals surface area contributed by atoms with E-state index in [1.807, 2.05) is 17.6 Å². The summed E-state index contributed by atoms with van der Waals surface area (Å²) < 4.78 is 7.40. The van der Waals surface area contributed by atoms with Gasteiger partial charge in [-0.1, -0.05) is 24.2 Å². The first-order valence-corrected chi connectivity index (χ1v) is 12.5. The van der Waals surface area contributed by atoms with Crippen molar-refractivity contribution in [2.45, 2.75) is 64.3 Å². The van der Waals surface area contributed by atoms with Crippen LogP contribution < -0.4 is 4.90 Å². The zero-order chi connectivity index (χ0) is 20.5. The van der Waals surface area contributed by atoms with Crippen LogP contribution >= 0.6 is 11.3 Å². The molecule has 0 bridgehead atoms. The lowest BCUT2D eigenvalue weighted by atomic mass is 9.85. The number of imidazole rings is 1. The van der Waals surface area contributed by atoms with Crippen LogP contribution in [0.5, 0.6) is 0 Å². The number of likely N-dealkylation sites (tertiary alicyclic amines) is 1. The number of rotatable bonds is 3. The SMILES string of the molecule is Cc1cn2nc(N3CCC([C@@H]4CCCCCN4C(=O)C4CCOCC4)CC3)sc2n1. The maximum atomic E-state index is 13.4. The van der Waals surface area contributed by atoms with Gasteiger partial charge < -0.3 is 14.5 Å². The first kappa shape index (κ1) is 20.2. The van der Waals surface area contributed by atoms with Gasteiger partial charge in [-0.05, 0) is 51.4 Å². The Labute approximate surface area is 182 Å². The number of fused-ring (bicyclic) bond motifs is 1. The van der Waals surface area contributed by atoms with Crippen molar-refractivity contribution in [3.8, 4) is 0 Å². The van der Waals surface area contributed by atoms with E-state index in [4.69, 9.17) is 9.84 Å². The lowest BCUT2D eigenvalue weighted by Crippen LogP contribution is -2.50. The van der Waals surface area contributed by atoms with Gasteiger partial charge in [0.25, 0.3) is 0 Å². The molecule has 3 saturated heterocycles. The summed E-state index contributed by atoms with van der Waals surface area (Å²) in [6.45, 7) is 6.48. The van der Waals surface area contributed by atoms with Gasteiger partial charge in [0.15, 0.2) is 0 Å². The minimum absolute atomic E-state index is 0.175. The fraction of sp³-hybridized carbons (Fsp3) is 0.773. The molecule has 2 aromatic rings. The summed E-state index contributed by atoms with van der Waals surface area (Å²) in [6.07, 6.45) is 10.9. The number of carbonyl (C=O) groups is 1. The smallest absolute Gasteiger partial charge is 0.226 e. The number of carbonyl (C=O) groups excluding carboxylic acids is 1. The Morgan fingerprint density at radius 1 is 1.07 bits per heavy atom. The summed E-state index contributed by atoms with van der Waals surface area (Å²) in [5.74, 6) is 1.19.